The maximum absolute atomic E-state index is 13.4. The number of esters is 2. The second-order valence-corrected chi connectivity index (χ2v) is 11.9. The van der Waals surface area contributed by atoms with E-state index in [1.165, 1.54) is 19.4 Å². The van der Waals surface area contributed by atoms with E-state index in [0.29, 0.717) is 17.5 Å². The van der Waals surface area contributed by atoms with Gasteiger partial charge in [-0.25, -0.2) is 9.78 Å². The van der Waals surface area contributed by atoms with Gasteiger partial charge in [0.25, 0.3) is 5.91 Å². The van der Waals surface area contributed by atoms with Gasteiger partial charge < -0.3 is 29.0 Å². The number of cyclic esters (lactones) is 1. The summed E-state index contributed by atoms with van der Waals surface area (Å²) in [4.78, 5) is 42.9. The number of amides is 1. The molecule has 2 heterocycles. The van der Waals surface area contributed by atoms with E-state index in [-0.39, 0.29) is 47.7 Å². The van der Waals surface area contributed by atoms with Crippen LogP contribution in [0.3, 0.4) is 0 Å². The minimum Gasteiger partial charge on any atom is -0.493 e. The van der Waals surface area contributed by atoms with Crippen LogP contribution in [0.1, 0.15) is 62.5 Å². The lowest BCUT2D eigenvalue weighted by Crippen LogP contribution is -2.46. The van der Waals surface area contributed by atoms with Gasteiger partial charge in [-0.3, -0.25) is 9.59 Å². The molecule has 234 valence electrons. The summed E-state index contributed by atoms with van der Waals surface area (Å²) in [7, 11) is 1.41. The number of carbonyl (C=O) groups is 3. The zero-order chi connectivity index (χ0) is 30.9. The number of aromatic nitrogens is 1. The topological polar surface area (TPSA) is 122 Å². The molecule has 1 aromatic carbocycles. The van der Waals surface area contributed by atoms with Crippen molar-refractivity contribution in [3.05, 3.63) is 52.8 Å². The summed E-state index contributed by atoms with van der Waals surface area (Å²) in [6, 6.07) is 8.24. The second-order valence-electron chi connectivity index (χ2n) is 11.5. The summed E-state index contributed by atoms with van der Waals surface area (Å²) >= 11 is 6.12. The zero-order valence-corrected chi connectivity index (χ0v) is 25.9. The largest absolute Gasteiger partial charge is 0.493 e. The highest BCUT2D eigenvalue weighted by molar-refractivity contribution is 6.30. The molecule has 0 radical (unpaired) electrons. The number of hydrogen-bond acceptors (Lipinski definition) is 9. The van der Waals surface area contributed by atoms with Crippen molar-refractivity contribution in [2.24, 2.45) is 23.7 Å². The highest BCUT2D eigenvalue weighted by atomic mass is 35.5. The molecule has 0 bridgehead atoms. The highest BCUT2D eigenvalue weighted by Gasteiger charge is 2.40. The molecule has 0 unspecified atom stereocenters. The molecule has 1 aromatic heterocycles. The fraction of sp³-hybridized carbons (Fsp3) is 0.562. The molecular formula is C32H41ClN2O8. The Morgan fingerprint density at radius 2 is 1.84 bits per heavy atom. The number of rotatable bonds is 10. The molecular weight excluding hydrogens is 576 g/mol. The van der Waals surface area contributed by atoms with E-state index in [2.05, 4.69) is 10.3 Å². The van der Waals surface area contributed by atoms with E-state index in [1.54, 1.807) is 13.8 Å². The predicted octanol–water partition coefficient (Wildman–Crippen LogP) is 5.00. The fourth-order valence-electron chi connectivity index (χ4n) is 6.01. The minimum absolute atomic E-state index is 0.0193. The molecule has 1 amide bonds. The average Bonchev–Trinajstić information content (AvgIpc) is 3.52. The molecule has 11 heteroatoms. The maximum Gasteiger partial charge on any atom is 0.331 e. The highest BCUT2D eigenvalue weighted by Crippen LogP contribution is 2.40. The van der Waals surface area contributed by atoms with Crippen molar-refractivity contribution in [3.8, 4) is 11.5 Å². The summed E-state index contributed by atoms with van der Waals surface area (Å²) in [6.07, 6.45) is 6.24. The lowest BCUT2D eigenvalue weighted by Gasteiger charge is -2.35. The summed E-state index contributed by atoms with van der Waals surface area (Å²) < 4.78 is 28.2. The summed E-state index contributed by atoms with van der Waals surface area (Å²) in [6.45, 7) is 5.22. The maximum atomic E-state index is 13.4. The SMILES string of the molecule is COc1ccnc(C(=O)N[C@H]2COC[C@H](Cc3ccc(Cl)cc3)[C@@H](C3CCCC3)[C@H](C)OC2=O)c1OCOC(=O)C(C)C. The van der Waals surface area contributed by atoms with Gasteiger partial charge in [0.15, 0.2) is 23.2 Å². The molecule has 1 aliphatic carbocycles. The Labute approximate surface area is 257 Å². The first kappa shape index (κ1) is 32.5. The van der Waals surface area contributed by atoms with Gasteiger partial charge >= 0.3 is 11.9 Å². The number of carbonyl (C=O) groups excluding carboxylic acids is 3. The molecule has 0 spiro atoms. The number of ether oxygens (including phenoxy) is 5. The van der Waals surface area contributed by atoms with E-state index in [4.69, 9.17) is 35.3 Å². The van der Waals surface area contributed by atoms with Crippen LogP contribution >= 0.6 is 11.6 Å². The van der Waals surface area contributed by atoms with Gasteiger partial charge in [-0.1, -0.05) is 63.3 Å². The van der Waals surface area contributed by atoms with Crippen molar-refractivity contribution in [1.82, 2.24) is 10.3 Å². The van der Waals surface area contributed by atoms with Gasteiger partial charge in [-0.15, -0.1) is 0 Å². The lowest BCUT2D eigenvalue weighted by molar-refractivity contribution is -0.155. The van der Waals surface area contributed by atoms with Gasteiger partial charge in [-0.05, 0) is 42.9 Å². The molecule has 10 nitrogen and oxygen atoms in total. The van der Waals surface area contributed by atoms with Gasteiger partial charge in [0.05, 0.1) is 26.2 Å². The number of pyridine rings is 1. The molecule has 1 saturated heterocycles. The van der Waals surface area contributed by atoms with Crippen molar-refractivity contribution in [1.29, 1.82) is 0 Å². The van der Waals surface area contributed by atoms with Gasteiger partial charge in [-0.2, -0.15) is 0 Å². The van der Waals surface area contributed by atoms with Crippen LogP contribution in [0.2, 0.25) is 5.02 Å². The number of halogens is 1. The number of hydrogen-bond donors (Lipinski definition) is 1. The summed E-state index contributed by atoms with van der Waals surface area (Å²) in [5.74, 6) is -1.25. The Hall–Kier alpha value is -3.37. The van der Waals surface area contributed by atoms with Crippen LogP contribution in [0.15, 0.2) is 36.5 Å². The second kappa shape index (κ2) is 15.4. The van der Waals surface area contributed by atoms with Gasteiger partial charge in [0.1, 0.15) is 6.10 Å². The molecule has 1 aliphatic heterocycles. The number of methoxy groups -OCH3 is 1. The third-order valence-corrected chi connectivity index (χ3v) is 8.38. The third-order valence-electron chi connectivity index (χ3n) is 8.13. The quantitative estimate of drug-likeness (QED) is 0.290. The average molecular weight is 617 g/mol. The van der Waals surface area contributed by atoms with Crippen molar-refractivity contribution in [3.63, 3.8) is 0 Å². The molecule has 2 fully saturated rings. The van der Waals surface area contributed by atoms with Crippen LogP contribution in [0.25, 0.3) is 0 Å². The minimum atomic E-state index is -1.08. The predicted molar refractivity (Wildman–Crippen MR) is 159 cm³/mol. The van der Waals surface area contributed by atoms with Crippen LogP contribution in [0.4, 0.5) is 0 Å². The van der Waals surface area contributed by atoms with Crippen molar-refractivity contribution >= 4 is 29.4 Å². The van der Waals surface area contributed by atoms with Gasteiger partial charge in [0, 0.05) is 23.2 Å². The molecule has 43 heavy (non-hydrogen) atoms. The molecule has 1 N–H and O–H groups in total. The van der Waals surface area contributed by atoms with E-state index in [0.717, 1.165) is 37.7 Å². The van der Waals surface area contributed by atoms with Crippen LogP contribution in [0.5, 0.6) is 11.5 Å². The van der Waals surface area contributed by atoms with Crippen molar-refractivity contribution < 1.29 is 38.1 Å². The molecule has 4 rings (SSSR count). The van der Waals surface area contributed by atoms with Crippen LogP contribution < -0.4 is 14.8 Å². The van der Waals surface area contributed by atoms with E-state index < -0.39 is 30.7 Å². The Kier molecular flexibility index (Phi) is 11.6. The first-order valence-corrected chi connectivity index (χ1v) is 15.2. The first-order valence-electron chi connectivity index (χ1n) is 14.8. The van der Waals surface area contributed by atoms with Crippen LogP contribution in [-0.2, 0) is 30.2 Å². The first-order chi connectivity index (χ1) is 20.7. The van der Waals surface area contributed by atoms with Crippen molar-refractivity contribution in [2.45, 2.75) is 65.0 Å². The Bertz CT molecular complexity index is 1250. The third kappa shape index (κ3) is 8.60. The van der Waals surface area contributed by atoms with E-state index >= 15 is 0 Å². The molecule has 2 aliphatic rings. The van der Waals surface area contributed by atoms with Crippen molar-refractivity contribution in [2.75, 3.05) is 27.1 Å². The molecule has 1 saturated carbocycles. The molecule has 4 atom stereocenters. The number of benzene rings is 1. The van der Waals surface area contributed by atoms with Gasteiger partial charge in [0.2, 0.25) is 6.79 Å². The Morgan fingerprint density at radius 3 is 2.51 bits per heavy atom. The lowest BCUT2D eigenvalue weighted by atomic mass is 9.75. The number of nitrogens with zero attached hydrogens (tertiary/aromatic N) is 1. The monoisotopic (exact) mass is 616 g/mol. The Balaban J connectivity index is 1.51. The van der Waals surface area contributed by atoms with Crippen LogP contribution in [-0.4, -0.2) is 62.1 Å². The van der Waals surface area contributed by atoms with Crippen LogP contribution in [0, 0.1) is 23.7 Å². The van der Waals surface area contributed by atoms with E-state index in [9.17, 15) is 14.4 Å². The summed E-state index contributed by atoms with van der Waals surface area (Å²) in [5, 5.41) is 3.39. The Morgan fingerprint density at radius 1 is 1.12 bits per heavy atom. The standard InChI is InChI=1S/C32H41ClN2O8/c1-19(2)31(37)42-18-41-29-26(39-4)13-14-34-28(29)30(36)35-25-17-40-16-23(15-21-9-11-24(33)12-10-21)27(20(3)43-32(25)38)22-7-5-6-8-22/h9-14,19-20,22-23,25,27H,5-8,15-18H2,1-4H3,(H,35,36)/t20-,23-,25-,27+/m0/s1. The number of nitrogens with one attached hydrogen (secondary N) is 1. The van der Waals surface area contributed by atoms with E-state index in [1.807, 2.05) is 31.2 Å². The molecule has 2 aromatic rings. The smallest absolute Gasteiger partial charge is 0.331 e. The normalized spacial score (nSPS) is 23.1. The summed E-state index contributed by atoms with van der Waals surface area (Å²) in [5.41, 5.74) is 1.00. The zero-order valence-electron chi connectivity index (χ0n) is 25.2. The fourth-order valence-corrected chi connectivity index (χ4v) is 6.13.